The molecule has 1 aliphatic heterocycles. The normalized spacial score (nSPS) is 23.4. The van der Waals surface area contributed by atoms with Crippen LogP contribution in [0.4, 0.5) is 0 Å². The fourth-order valence-electron chi connectivity index (χ4n) is 1.93. The lowest BCUT2D eigenvalue weighted by molar-refractivity contribution is -0.123. The number of hydrogen-bond donors (Lipinski definition) is 1. The number of carbonyl (C=O) groups is 1. The highest BCUT2D eigenvalue weighted by Crippen LogP contribution is 2.14. The highest BCUT2D eigenvalue weighted by Gasteiger charge is 2.21. The van der Waals surface area contributed by atoms with Gasteiger partial charge in [0, 0.05) is 12.6 Å². The molecule has 2 unspecified atom stereocenters. The number of nitriles is 1. The standard InChI is InChI=1S/C12H21N3O/c1-3-10(2)14-12(16)9-15-6-4-5-11(7-13)8-15/h10-11H,3-6,8-9H2,1-2H3,(H,14,16). The summed E-state index contributed by atoms with van der Waals surface area (Å²) >= 11 is 0. The minimum Gasteiger partial charge on any atom is -0.353 e. The third kappa shape index (κ3) is 4.19. The monoisotopic (exact) mass is 223 g/mol. The smallest absolute Gasteiger partial charge is 0.234 e. The van der Waals surface area contributed by atoms with Crippen LogP contribution in [0.25, 0.3) is 0 Å². The average Bonchev–Trinajstić information content (AvgIpc) is 2.28. The molecule has 0 saturated carbocycles. The van der Waals surface area contributed by atoms with Gasteiger partial charge in [-0.15, -0.1) is 0 Å². The van der Waals surface area contributed by atoms with Gasteiger partial charge in [-0.3, -0.25) is 9.69 Å². The molecule has 90 valence electrons. The zero-order valence-corrected chi connectivity index (χ0v) is 10.2. The van der Waals surface area contributed by atoms with E-state index in [0.29, 0.717) is 6.54 Å². The van der Waals surface area contributed by atoms with Crippen molar-refractivity contribution in [3.8, 4) is 6.07 Å². The van der Waals surface area contributed by atoms with Crippen molar-refractivity contribution in [1.29, 1.82) is 5.26 Å². The molecule has 0 aromatic heterocycles. The molecule has 2 atom stereocenters. The summed E-state index contributed by atoms with van der Waals surface area (Å²) in [7, 11) is 0. The molecule has 1 saturated heterocycles. The average molecular weight is 223 g/mol. The van der Waals surface area contributed by atoms with Gasteiger partial charge in [-0.25, -0.2) is 0 Å². The number of carbonyl (C=O) groups excluding carboxylic acids is 1. The number of hydrogen-bond acceptors (Lipinski definition) is 3. The van der Waals surface area contributed by atoms with Gasteiger partial charge in [-0.2, -0.15) is 5.26 Å². The van der Waals surface area contributed by atoms with E-state index in [1.165, 1.54) is 0 Å². The lowest BCUT2D eigenvalue weighted by Crippen LogP contribution is -2.44. The summed E-state index contributed by atoms with van der Waals surface area (Å²) in [6.45, 7) is 6.17. The van der Waals surface area contributed by atoms with Crippen LogP contribution in [0, 0.1) is 17.2 Å². The summed E-state index contributed by atoms with van der Waals surface area (Å²) in [6.07, 6.45) is 2.95. The number of piperidine rings is 1. The summed E-state index contributed by atoms with van der Waals surface area (Å²) in [5.74, 6) is 0.179. The first kappa shape index (κ1) is 13.0. The fraction of sp³-hybridized carbons (Fsp3) is 0.833. The van der Waals surface area contributed by atoms with Crippen LogP contribution in [-0.2, 0) is 4.79 Å². The molecule has 4 heteroatoms. The van der Waals surface area contributed by atoms with Crippen molar-refractivity contribution in [3.05, 3.63) is 0 Å². The summed E-state index contributed by atoms with van der Waals surface area (Å²) < 4.78 is 0. The van der Waals surface area contributed by atoms with Crippen LogP contribution in [0.5, 0.6) is 0 Å². The first-order valence-electron chi connectivity index (χ1n) is 6.07. The molecule has 4 nitrogen and oxygen atoms in total. The molecule has 1 rings (SSSR count). The number of amides is 1. The summed E-state index contributed by atoms with van der Waals surface area (Å²) in [6, 6.07) is 2.53. The van der Waals surface area contributed by atoms with Gasteiger partial charge in [-0.1, -0.05) is 6.92 Å². The SMILES string of the molecule is CCC(C)NC(=O)CN1CCCC(C#N)C1. The molecule has 1 aliphatic rings. The van der Waals surface area contributed by atoms with Crippen molar-refractivity contribution >= 4 is 5.91 Å². The molecule has 0 aromatic rings. The Morgan fingerprint density at radius 2 is 2.44 bits per heavy atom. The molecule has 1 amide bonds. The van der Waals surface area contributed by atoms with E-state index in [1.54, 1.807) is 0 Å². The second kappa shape index (κ2) is 6.49. The Bertz CT molecular complexity index is 272. The van der Waals surface area contributed by atoms with E-state index < -0.39 is 0 Å². The van der Waals surface area contributed by atoms with Crippen LogP contribution < -0.4 is 5.32 Å². The Morgan fingerprint density at radius 3 is 3.06 bits per heavy atom. The van der Waals surface area contributed by atoms with Crippen LogP contribution in [-0.4, -0.2) is 36.5 Å². The summed E-state index contributed by atoms with van der Waals surface area (Å²) in [5, 5.41) is 11.8. The Labute approximate surface area is 97.6 Å². The van der Waals surface area contributed by atoms with Crippen molar-refractivity contribution < 1.29 is 4.79 Å². The molecule has 0 spiro atoms. The lowest BCUT2D eigenvalue weighted by Gasteiger charge is -2.29. The van der Waals surface area contributed by atoms with Gasteiger partial charge in [0.05, 0.1) is 18.5 Å². The maximum atomic E-state index is 11.6. The number of nitrogens with one attached hydrogen (secondary N) is 1. The summed E-state index contributed by atoms with van der Waals surface area (Å²) in [4.78, 5) is 13.7. The highest BCUT2D eigenvalue weighted by atomic mass is 16.2. The van der Waals surface area contributed by atoms with E-state index in [-0.39, 0.29) is 17.9 Å². The van der Waals surface area contributed by atoms with Crippen molar-refractivity contribution in [2.75, 3.05) is 19.6 Å². The lowest BCUT2D eigenvalue weighted by atomic mass is 10.00. The Hall–Kier alpha value is -1.08. The highest BCUT2D eigenvalue weighted by molar-refractivity contribution is 5.78. The minimum absolute atomic E-state index is 0.0768. The Kier molecular flexibility index (Phi) is 5.27. The van der Waals surface area contributed by atoms with Crippen LogP contribution in [0.2, 0.25) is 0 Å². The van der Waals surface area contributed by atoms with Gasteiger partial charge in [0.2, 0.25) is 5.91 Å². The second-order valence-corrected chi connectivity index (χ2v) is 4.58. The zero-order valence-electron chi connectivity index (χ0n) is 10.2. The third-order valence-electron chi connectivity index (χ3n) is 3.08. The quantitative estimate of drug-likeness (QED) is 0.777. The van der Waals surface area contributed by atoms with E-state index >= 15 is 0 Å². The van der Waals surface area contributed by atoms with E-state index in [1.807, 2.05) is 6.92 Å². The van der Waals surface area contributed by atoms with Crippen molar-refractivity contribution in [3.63, 3.8) is 0 Å². The van der Waals surface area contributed by atoms with E-state index in [4.69, 9.17) is 5.26 Å². The largest absolute Gasteiger partial charge is 0.353 e. The van der Waals surface area contributed by atoms with Crippen molar-refractivity contribution in [2.24, 2.45) is 5.92 Å². The van der Waals surface area contributed by atoms with Gasteiger partial charge in [0.25, 0.3) is 0 Å². The van der Waals surface area contributed by atoms with Crippen molar-refractivity contribution in [2.45, 2.75) is 39.2 Å². The molecule has 16 heavy (non-hydrogen) atoms. The Morgan fingerprint density at radius 1 is 1.69 bits per heavy atom. The van der Waals surface area contributed by atoms with Gasteiger partial charge in [0.1, 0.15) is 0 Å². The molecule has 1 heterocycles. The number of likely N-dealkylation sites (tertiary alicyclic amines) is 1. The van der Waals surface area contributed by atoms with Crippen LogP contribution in [0.15, 0.2) is 0 Å². The third-order valence-corrected chi connectivity index (χ3v) is 3.08. The second-order valence-electron chi connectivity index (χ2n) is 4.58. The molecular weight excluding hydrogens is 202 g/mol. The molecule has 1 N–H and O–H groups in total. The number of rotatable bonds is 4. The molecule has 0 aromatic carbocycles. The van der Waals surface area contributed by atoms with Gasteiger partial charge >= 0.3 is 0 Å². The van der Waals surface area contributed by atoms with Gasteiger partial charge < -0.3 is 5.32 Å². The topological polar surface area (TPSA) is 56.1 Å². The predicted octanol–water partition coefficient (Wildman–Crippen LogP) is 1.14. The van der Waals surface area contributed by atoms with Gasteiger partial charge in [0.15, 0.2) is 0 Å². The predicted molar refractivity (Wildman–Crippen MR) is 62.7 cm³/mol. The van der Waals surface area contributed by atoms with E-state index in [2.05, 4.69) is 23.2 Å². The molecule has 1 fully saturated rings. The van der Waals surface area contributed by atoms with Gasteiger partial charge in [-0.05, 0) is 32.7 Å². The summed E-state index contributed by atoms with van der Waals surface area (Å²) in [5.41, 5.74) is 0. The van der Waals surface area contributed by atoms with E-state index in [9.17, 15) is 4.79 Å². The molecule has 0 radical (unpaired) electrons. The van der Waals surface area contributed by atoms with Crippen LogP contribution in [0.3, 0.4) is 0 Å². The van der Waals surface area contributed by atoms with Crippen LogP contribution >= 0.6 is 0 Å². The molecule has 0 bridgehead atoms. The number of nitrogens with zero attached hydrogens (tertiary/aromatic N) is 2. The maximum absolute atomic E-state index is 11.6. The van der Waals surface area contributed by atoms with Crippen molar-refractivity contribution in [1.82, 2.24) is 10.2 Å². The minimum atomic E-state index is 0.0768. The molecular formula is C12H21N3O. The maximum Gasteiger partial charge on any atom is 0.234 e. The molecule has 0 aliphatic carbocycles. The van der Waals surface area contributed by atoms with Crippen LogP contribution in [0.1, 0.15) is 33.1 Å². The van der Waals surface area contributed by atoms with E-state index in [0.717, 1.165) is 32.4 Å². The zero-order chi connectivity index (χ0) is 12.0. The fourth-order valence-corrected chi connectivity index (χ4v) is 1.93. The first-order chi connectivity index (χ1) is 7.65. The first-order valence-corrected chi connectivity index (χ1v) is 6.07. The Balaban J connectivity index is 2.31.